The molecule has 2 N–H and O–H groups in total. The largest absolute Gasteiger partial charge is 0.488 e. The van der Waals surface area contributed by atoms with E-state index in [9.17, 15) is 19.0 Å². The third-order valence-corrected chi connectivity index (χ3v) is 6.20. The van der Waals surface area contributed by atoms with Crippen molar-refractivity contribution in [2.24, 2.45) is 0 Å². The van der Waals surface area contributed by atoms with Crippen LogP contribution in [-0.2, 0) is 11.2 Å². The van der Waals surface area contributed by atoms with E-state index in [0.29, 0.717) is 29.0 Å². The Bertz CT molecular complexity index is 1100. The van der Waals surface area contributed by atoms with Gasteiger partial charge in [0.1, 0.15) is 0 Å². The Morgan fingerprint density at radius 3 is 2.44 bits per heavy atom. The second-order valence-electron chi connectivity index (χ2n) is 8.04. The van der Waals surface area contributed by atoms with Crippen LogP contribution in [0.3, 0.4) is 0 Å². The Kier molecular flexibility index (Phi) is 6.96. The summed E-state index contributed by atoms with van der Waals surface area (Å²) in [7, 11) is 0. The van der Waals surface area contributed by atoms with Gasteiger partial charge in [0.05, 0.1) is 36.5 Å². The molecule has 1 aliphatic heterocycles. The van der Waals surface area contributed by atoms with E-state index in [-0.39, 0.29) is 25.4 Å². The fourth-order valence-electron chi connectivity index (χ4n) is 4.35. The van der Waals surface area contributed by atoms with Crippen molar-refractivity contribution in [3.05, 3.63) is 75.8 Å². The van der Waals surface area contributed by atoms with Crippen LogP contribution < -0.4 is 4.74 Å². The highest BCUT2D eigenvalue weighted by Crippen LogP contribution is 2.40. The molecule has 4 nitrogen and oxygen atoms in total. The smallest absolute Gasteiger partial charge is 0.190 e. The highest BCUT2D eigenvalue weighted by atomic mass is 35.5. The summed E-state index contributed by atoms with van der Waals surface area (Å²) in [5, 5.41) is 22.0. The van der Waals surface area contributed by atoms with Crippen molar-refractivity contribution >= 4 is 22.4 Å². The molecule has 4 rings (SSSR count). The van der Waals surface area contributed by atoms with Gasteiger partial charge in [-0.25, -0.2) is 8.78 Å². The first-order valence-electron chi connectivity index (χ1n) is 10.7. The topological polar surface area (TPSA) is 58.9 Å². The van der Waals surface area contributed by atoms with E-state index >= 15 is 0 Å². The maximum Gasteiger partial charge on any atom is 0.190 e. The zero-order valence-corrected chi connectivity index (χ0v) is 18.4. The molecule has 1 aliphatic rings. The van der Waals surface area contributed by atoms with Gasteiger partial charge in [0.15, 0.2) is 17.4 Å². The summed E-state index contributed by atoms with van der Waals surface area (Å²) in [5.41, 5.74) is 1.93. The molecule has 1 heterocycles. The van der Waals surface area contributed by atoms with E-state index in [2.05, 4.69) is 0 Å². The lowest BCUT2D eigenvalue weighted by Crippen LogP contribution is -2.33. The number of fused-ring (bicyclic) bond motifs is 1. The maximum atomic E-state index is 14.4. The van der Waals surface area contributed by atoms with Gasteiger partial charge in [-0.3, -0.25) is 0 Å². The van der Waals surface area contributed by atoms with Crippen molar-refractivity contribution in [1.82, 2.24) is 0 Å². The third kappa shape index (κ3) is 4.59. The number of benzene rings is 3. The van der Waals surface area contributed by atoms with Gasteiger partial charge in [-0.1, -0.05) is 41.9 Å². The molecule has 0 aliphatic carbocycles. The molecule has 3 atom stereocenters. The van der Waals surface area contributed by atoms with E-state index in [1.807, 2.05) is 30.3 Å². The Morgan fingerprint density at radius 1 is 1.09 bits per heavy atom. The normalized spacial score (nSPS) is 21.1. The number of aliphatic hydroxyl groups excluding tert-OH is 2. The summed E-state index contributed by atoms with van der Waals surface area (Å²) in [6, 6.07) is 11.9. The van der Waals surface area contributed by atoms with Crippen LogP contribution in [-0.4, -0.2) is 35.6 Å². The monoisotopic (exact) mass is 462 g/mol. The van der Waals surface area contributed by atoms with Gasteiger partial charge in [-0.2, -0.15) is 0 Å². The first kappa shape index (κ1) is 22.9. The molecule has 0 bridgehead atoms. The Hall–Kier alpha value is -2.25. The Morgan fingerprint density at radius 2 is 1.78 bits per heavy atom. The van der Waals surface area contributed by atoms with Crippen molar-refractivity contribution in [2.75, 3.05) is 13.2 Å². The zero-order chi connectivity index (χ0) is 22.8. The molecule has 0 saturated carbocycles. The molecule has 0 aromatic heterocycles. The SMILES string of the molecule is CCOc1c(F)cc(Cc2cc([C@H]3C[C@@H](O)C[C@@H](CO)O3)c3ccccc3c2Cl)cc1F. The number of hydrogen-bond acceptors (Lipinski definition) is 4. The number of hydrogen-bond donors (Lipinski definition) is 2. The van der Waals surface area contributed by atoms with E-state index in [4.69, 9.17) is 21.1 Å². The predicted octanol–water partition coefficient (Wildman–Crippen LogP) is 5.33. The number of halogens is 3. The fourth-order valence-corrected chi connectivity index (χ4v) is 4.63. The molecule has 3 aromatic rings. The van der Waals surface area contributed by atoms with Crippen LogP contribution in [0, 0.1) is 11.6 Å². The molecule has 0 amide bonds. The van der Waals surface area contributed by atoms with Crippen molar-refractivity contribution in [3.8, 4) is 5.75 Å². The van der Waals surface area contributed by atoms with Crippen LogP contribution >= 0.6 is 11.6 Å². The maximum absolute atomic E-state index is 14.4. The average molecular weight is 463 g/mol. The molecule has 0 spiro atoms. The lowest BCUT2D eigenvalue weighted by molar-refractivity contribution is -0.113. The second-order valence-corrected chi connectivity index (χ2v) is 8.42. The van der Waals surface area contributed by atoms with E-state index in [1.165, 1.54) is 12.1 Å². The highest BCUT2D eigenvalue weighted by molar-refractivity contribution is 6.36. The number of aliphatic hydroxyl groups is 2. The van der Waals surface area contributed by atoms with Gasteiger partial charge in [0.2, 0.25) is 0 Å². The minimum atomic E-state index is -0.761. The lowest BCUT2D eigenvalue weighted by Gasteiger charge is -2.33. The third-order valence-electron chi connectivity index (χ3n) is 5.76. The molecule has 7 heteroatoms. The van der Waals surface area contributed by atoms with E-state index < -0.39 is 29.9 Å². The molecule has 170 valence electrons. The summed E-state index contributed by atoms with van der Waals surface area (Å²) >= 11 is 6.71. The molecule has 32 heavy (non-hydrogen) atoms. The first-order chi connectivity index (χ1) is 15.4. The predicted molar refractivity (Wildman–Crippen MR) is 119 cm³/mol. The van der Waals surface area contributed by atoms with Crippen LogP contribution in [0.2, 0.25) is 5.02 Å². The van der Waals surface area contributed by atoms with E-state index in [0.717, 1.165) is 16.3 Å². The summed E-state index contributed by atoms with van der Waals surface area (Å²) in [6.07, 6.45) is -0.542. The molecule has 3 aromatic carbocycles. The molecule has 1 saturated heterocycles. The average Bonchev–Trinajstić information content (AvgIpc) is 2.77. The van der Waals surface area contributed by atoms with Gasteiger partial charge in [0, 0.05) is 18.2 Å². The first-order valence-corrected chi connectivity index (χ1v) is 11.0. The van der Waals surface area contributed by atoms with Gasteiger partial charge in [0.25, 0.3) is 0 Å². The number of rotatable bonds is 6. The number of ether oxygens (including phenoxy) is 2. The van der Waals surface area contributed by atoms with E-state index in [1.54, 1.807) is 6.92 Å². The van der Waals surface area contributed by atoms with Gasteiger partial charge >= 0.3 is 0 Å². The summed E-state index contributed by atoms with van der Waals surface area (Å²) in [4.78, 5) is 0. The van der Waals surface area contributed by atoms with Gasteiger partial charge in [-0.15, -0.1) is 0 Å². The van der Waals surface area contributed by atoms with Crippen LogP contribution in [0.5, 0.6) is 5.75 Å². The molecule has 0 radical (unpaired) electrons. The van der Waals surface area contributed by atoms with Gasteiger partial charge < -0.3 is 19.7 Å². The highest BCUT2D eigenvalue weighted by Gasteiger charge is 2.30. The Labute approximate surface area is 190 Å². The molecular weight excluding hydrogens is 438 g/mol. The second kappa shape index (κ2) is 9.71. The zero-order valence-electron chi connectivity index (χ0n) is 17.7. The quantitative estimate of drug-likeness (QED) is 0.519. The van der Waals surface area contributed by atoms with Gasteiger partial charge in [-0.05, 0) is 47.6 Å². The standard InChI is InChI=1S/C25H25ClF2O4/c1-2-31-25-21(27)8-14(9-22(25)28)7-15-10-20(18-5-3-4-6-19(18)24(15)26)23-12-16(30)11-17(13-29)32-23/h3-6,8-10,16-17,23,29-30H,2,7,11-13H2,1H3/t16-,17-,23+/m0/s1. The minimum Gasteiger partial charge on any atom is -0.488 e. The van der Waals surface area contributed by atoms with Crippen LogP contribution in [0.25, 0.3) is 10.8 Å². The molecule has 0 unspecified atom stereocenters. The lowest BCUT2D eigenvalue weighted by atomic mass is 9.90. The summed E-state index contributed by atoms with van der Waals surface area (Å²) in [5.74, 6) is -1.91. The summed E-state index contributed by atoms with van der Waals surface area (Å²) in [6.45, 7) is 1.64. The van der Waals surface area contributed by atoms with Crippen LogP contribution in [0.15, 0.2) is 42.5 Å². The van der Waals surface area contributed by atoms with Crippen molar-refractivity contribution in [1.29, 1.82) is 0 Å². The fraction of sp³-hybridized carbons (Fsp3) is 0.360. The minimum absolute atomic E-state index is 0.162. The van der Waals surface area contributed by atoms with Crippen molar-refractivity contribution < 1.29 is 28.5 Å². The van der Waals surface area contributed by atoms with Crippen molar-refractivity contribution in [2.45, 2.75) is 44.5 Å². The summed E-state index contributed by atoms with van der Waals surface area (Å²) < 4.78 is 39.8. The molecular formula is C25H25ClF2O4. The van der Waals surface area contributed by atoms with Crippen molar-refractivity contribution in [3.63, 3.8) is 0 Å². The van der Waals surface area contributed by atoms with Crippen LogP contribution in [0.4, 0.5) is 8.78 Å². The molecule has 1 fully saturated rings. The van der Waals surface area contributed by atoms with Crippen LogP contribution in [0.1, 0.15) is 42.6 Å². The Balaban J connectivity index is 1.77.